The van der Waals surface area contributed by atoms with E-state index in [0.717, 1.165) is 18.4 Å². The first-order chi connectivity index (χ1) is 13.8. The number of nitrogens with one attached hydrogen (secondary N) is 1. The fourth-order valence-corrected chi connectivity index (χ4v) is 4.60. The Hall–Kier alpha value is -2.10. The molecule has 156 valence electrons. The summed E-state index contributed by atoms with van der Waals surface area (Å²) in [4.78, 5) is 29.8. The Kier molecular flexibility index (Phi) is 6.81. The number of carbonyl (C=O) groups excluding carboxylic acids is 1. The molecule has 29 heavy (non-hydrogen) atoms. The van der Waals surface area contributed by atoms with Crippen LogP contribution >= 0.6 is 23.2 Å². The average molecular weight is 459 g/mol. The summed E-state index contributed by atoms with van der Waals surface area (Å²) in [6, 6.07) is 5.00. The van der Waals surface area contributed by atoms with Gasteiger partial charge < -0.3 is 10.1 Å². The van der Waals surface area contributed by atoms with E-state index in [1.165, 1.54) is 18.7 Å². The standard InChI is InChI=1S/C18H20Cl2N4O4S/c1-23-17(26)15(28-2)14(22-18(23)24-7-3-4-8-29(24)27)16(25)21-10-11-5-6-12(19)13(20)9-11/h5-6,9H,3-4,7-8,10H2,1-2H3,(H,21,25). The molecule has 1 aliphatic rings. The molecule has 3 rings (SSSR count). The summed E-state index contributed by atoms with van der Waals surface area (Å²) in [7, 11) is 1.50. The highest BCUT2D eigenvalue weighted by atomic mass is 35.5. The number of rotatable bonds is 5. The van der Waals surface area contributed by atoms with Crippen molar-refractivity contribution >= 4 is 46.0 Å². The van der Waals surface area contributed by atoms with Gasteiger partial charge in [0.15, 0.2) is 5.69 Å². The number of carbonyl (C=O) groups is 1. The Labute approximate surface area is 180 Å². The minimum Gasteiger partial charge on any atom is -0.489 e. The van der Waals surface area contributed by atoms with Gasteiger partial charge in [-0.15, -0.1) is 0 Å². The monoisotopic (exact) mass is 458 g/mol. The zero-order valence-corrected chi connectivity index (χ0v) is 18.2. The molecule has 1 aromatic carbocycles. The molecule has 2 heterocycles. The first kappa shape index (κ1) is 21.6. The summed E-state index contributed by atoms with van der Waals surface area (Å²) in [5.41, 5.74) is 0.0425. The zero-order valence-electron chi connectivity index (χ0n) is 15.9. The largest absolute Gasteiger partial charge is 0.489 e. The first-order valence-corrected chi connectivity index (χ1v) is 10.9. The Morgan fingerprint density at radius 2 is 2.07 bits per heavy atom. The van der Waals surface area contributed by atoms with Crippen molar-refractivity contribution in [3.05, 3.63) is 49.9 Å². The van der Waals surface area contributed by atoms with Crippen molar-refractivity contribution in [2.24, 2.45) is 7.05 Å². The molecule has 8 nitrogen and oxygen atoms in total. The number of ether oxygens (including phenoxy) is 1. The normalized spacial score (nSPS) is 16.6. The molecule has 0 spiro atoms. The van der Waals surface area contributed by atoms with Gasteiger partial charge in [-0.3, -0.25) is 18.5 Å². The van der Waals surface area contributed by atoms with Crippen molar-refractivity contribution in [3.8, 4) is 5.75 Å². The number of amides is 1. The van der Waals surface area contributed by atoms with Crippen molar-refractivity contribution in [3.63, 3.8) is 0 Å². The Bertz CT molecular complexity index is 1030. The highest BCUT2D eigenvalue weighted by Crippen LogP contribution is 2.23. The molecule has 0 radical (unpaired) electrons. The molecular formula is C18H20Cl2N4O4S. The van der Waals surface area contributed by atoms with Crippen molar-refractivity contribution in [2.75, 3.05) is 23.7 Å². The van der Waals surface area contributed by atoms with Crippen LogP contribution in [-0.2, 0) is 24.6 Å². The van der Waals surface area contributed by atoms with Gasteiger partial charge in [0.1, 0.15) is 11.0 Å². The second-order valence-electron chi connectivity index (χ2n) is 6.42. The minimum atomic E-state index is -1.30. The van der Waals surface area contributed by atoms with E-state index in [0.29, 0.717) is 22.3 Å². The van der Waals surface area contributed by atoms with Crippen molar-refractivity contribution < 1.29 is 13.7 Å². The molecule has 11 heteroatoms. The SMILES string of the molecule is COc1c(C(=O)NCc2ccc(Cl)c(Cl)c2)nc(N2CCCCS2=O)n(C)c1=O. The summed E-state index contributed by atoms with van der Waals surface area (Å²) in [6.45, 7) is 0.643. The predicted octanol–water partition coefficient (Wildman–Crippen LogP) is 2.29. The van der Waals surface area contributed by atoms with Gasteiger partial charge >= 0.3 is 0 Å². The quantitative estimate of drug-likeness (QED) is 0.741. The van der Waals surface area contributed by atoms with Gasteiger partial charge in [-0.05, 0) is 30.5 Å². The second kappa shape index (κ2) is 9.15. The van der Waals surface area contributed by atoms with Gasteiger partial charge in [-0.25, -0.2) is 9.19 Å². The molecule has 1 fully saturated rings. The fraction of sp³-hybridized carbons (Fsp3) is 0.389. The zero-order chi connectivity index (χ0) is 21.1. The summed E-state index contributed by atoms with van der Waals surface area (Å²) in [5, 5.41) is 3.48. The maximum Gasteiger partial charge on any atom is 0.297 e. The summed E-state index contributed by atoms with van der Waals surface area (Å²) in [5.74, 6) is -0.102. The van der Waals surface area contributed by atoms with Gasteiger partial charge in [0.05, 0.1) is 17.2 Å². The van der Waals surface area contributed by atoms with E-state index in [1.54, 1.807) is 22.5 Å². The van der Waals surface area contributed by atoms with Crippen LogP contribution in [0.5, 0.6) is 5.75 Å². The van der Waals surface area contributed by atoms with Crippen LogP contribution in [0.25, 0.3) is 0 Å². The molecular weight excluding hydrogens is 439 g/mol. The lowest BCUT2D eigenvalue weighted by Gasteiger charge is -2.28. The first-order valence-electron chi connectivity index (χ1n) is 8.86. The summed E-state index contributed by atoms with van der Waals surface area (Å²) in [6.07, 6.45) is 1.66. The topological polar surface area (TPSA) is 93.5 Å². The summed E-state index contributed by atoms with van der Waals surface area (Å²) < 4.78 is 20.3. The maximum atomic E-state index is 12.8. The van der Waals surface area contributed by atoms with E-state index in [4.69, 9.17) is 27.9 Å². The van der Waals surface area contributed by atoms with Gasteiger partial charge in [-0.2, -0.15) is 0 Å². The van der Waals surface area contributed by atoms with E-state index in [9.17, 15) is 13.8 Å². The third-order valence-electron chi connectivity index (χ3n) is 4.48. The van der Waals surface area contributed by atoms with E-state index in [2.05, 4.69) is 10.3 Å². The predicted molar refractivity (Wildman–Crippen MR) is 113 cm³/mol. The second-order valence-corrected chi connectivity index (χ2v) is 8.73. The molecule has 0 saturated carbocycles. The van der Waals surface area contributed by atoms with E-state index in [-0.39, 0.29) is 23.9 Å². The average Bonchev–Trinajstić information content (AvgIpc) is 2.71. The molecule has 1 atom stereocenters. The number of anilines is 1. The Balaban J connectivity index is 1.92. The van der Waals surface area contributed by atoms with Gasteiger partial charge in [-0.1, -0.05) is 29.3 Å². The van der Waals surface area contributed by atoms with Crippen molar-refractivity contribution in [1.82, 2.24) is 14.9 Å². The molecule has 1 aromatic heterocycles. The third kappa shape index (κ3) is 4.57. The van der Waals surface area contributed by atoms with Crippen LogP contribution in [0, 0.1) is 0 Å². The number of aromatic nitrogens is 2. The lowest BCUT2D eigenvalue weighted by Crippen LogP contribution is -2.39. The van der Waals surface area contributed by atoms with Gasteiger partial charge in [0, 0.05) is 25.9 Å². The molecule has 0 bridgehead atoms. The van der Waals surface area contributed by atoms with Crippen LogP contribution in [-0.4, -0.2) is 39.1 Å². The number of nitrogens with zero attached hydrogens (tertiary/aromatic N) is 3. The number of hydrogen-bond acceptors (Lipinski definition) is 5. The van der Waals surface area contributed by atoms with E-state index < -0.39 is 22.5 Å². The molecule has 1 aliphatic heterocycles. The third-order valence-corrected chi connectivity index (χ3v) is 6.70. The lowest BCUT2D eigenvalue weighted by molar-refractivity contribution is 0.0942. The molecule has 2 aromatic rings. The van der Waals surface area contributed by atoms with Gasteiger partial charge in [0.2, 0.25) is 11.7 Å². The highest BCUT2D eigenvalue weighted by molar-refractivity contribution is 7.86. The van der Waals surface area contributed by atoms with Crippen LogP contribution < -0.4 is 19.9 Å². The van der Waals surface area contributed by atoms with Crippen LogP contribution in [0.4, 0.5) is 5.95 Å². The molecule has 1 amide bonds. The smallest absolute Gasteiger partial charge is 0.297 e. The van der Waals surface area contributed by atoms with E-state index in [1.807, 2.05) is 0 Å². The number of benzene rings is 1. The van der Waals surface area contributed by atoms with Crippen LogP contribution in [0.15, 0.2) is 23.0 Å². The van der Waals surface area contributed by atoms with E-state index >= 15 is 0 Å². The molecule has 1 unspecified atom stereocenters. The van der Waals surface area contributed by atoms with Crippen LogP contribution in [0.1, 0.15) is 28.9 Å². The lowest BCUT2D eigenvalue weighted by atomic mass is 10.2. The highest BCUT2D eigenvalue weighted by Gasteiger charge is 2.27. The number of methoxy groups -OCH3 is 1. The van der Waals surface area contributed by atoms with Gasteiger partial charge in [0.25, 0.3) is 11.5 Å². The molecule has 0 aliphatic carbocycles. The number of hydrogen-bond donors (Lipinski definition) is 1. The van der Waals surface area contributed by atoms with Crippen LogP contribution in [0.3, 0.4) is 0 Å². The maximum absolute atomic E-state index is 12.8. The number of halogens is 2. The minimum absolute atomic E-state index is 0.154. The van der Waals surface area contributed by atoms with Crippen molar-refractivity contribution in [2.45, 2.75) is 19.4 Å². The summed E-state index contributed by atoms with van der Waals surface area (Å²) >= 11 is 11.9. The van der Waals surface area contributed by atoms with Crippen LogP contribution in [0.2, 0.25) is 10.0 Å². The molecule has 1 N–H and O–H groups in total. The Morgan fingerprint density at radius 1 is 1.31 bits per heavy atom. The Morgan fingerprint density at radius 3 is 2.72 bits per heavy atom. The van der Waals surface area contributed by atoms with Crippen molar-refractivity contribution in [1.29, 1.82) is 0 Å². The fourth-order valence-electron chi connectivity index (χ4n) is 2.93. The molecule has 1 saturated heterocycles.